The van der Waals surface area contributed by atoms with Crippen LogP contribution in [-0.2, 0) is 6.54 Å². The summed E-state index contributed by atoms with van der Waals surface area (Å²) < 4.78 is 10.2. The number of halogens is 1. The van der Waals surface area contributed by atoms with Gasteiger partial charge in [-0.15, -0.1) is 24.0 Å². The molecule has 2 N–H and O–H groups in total. The number of guanidine groups is 1. The minimum atomic E-state index is -0.234. The number of rotatable bonds is 8. The van der Waals surface area contributed by atoms with Gasteiger partial charge in [-0.3, -0.25) is 9.79 Å². The summed E-state index contributed by atoms with van der Waals surface area (Å²) in [6, 6.07) is 11.3. The molecule has 0 spiro atoms. The largest absolute Gasteiger partial charge is 0.497 e. The van der Waals surface area contributed by atoms with E-state index in [4.69, 9.17) is 9.15 Å². The fourth-order valence-electron chi connectivity index (χ4n) is 2.38. The van der Waals surface area contributed by atoms with Crippen molar-refractivity contribution in [2.75, 3.05) is 33.8 Å². The molecule has 0 unspecified atom stereocenters. The fraction of sp³-hybridized carbons (Fsp3) is 0.368. The number of nitrogens with zero attached hydrogens (tertiary/aromatic N) is 2. The number of carbonyl (C=O) groups excluding carboxylic acids is 1. The second kappa shape index (κ2) is 12.2. The summed E-state index contributed by atoms with van der Waals surface area (Å²) in [5, 5.41) is 6.04. The average Bonchev–Trinajstić information content (AvgIpc) is 3.19. The van der Waals surface area contributed by atoms with E-state index in [1.165, 1.54) is 6.26 Å². The van der Waals surface area contributed by atoms with E-state index in [2.05, 4.69) is 15.6 Å². The van der Waals surface area contributed by atoms with E-state index >= 15 is 0 Å². The van der Waals surface area contributed by atoms with E-state index in [-0.39, 0.29) is 29.9 Å². The number of nitrogens with one attached hydrogen (secondary N) is 2. The first-order valence-electron chi connectivity index (χ1n) is 8.58. The van der Waals surface area contributed by atoms with Gasteiger partial charge in [-0.05, 0) is 36.8 Å². The molecular weight excluding hydrogens is 459 g/mol. The monoisotopic (exact) mass is 486 g/mol. The van der Waals surface area contributed by atoms with Gasteiger partial charge in [0, 0.05) is 26.7 Å². The third-order valence-electron chi connectivity index (χ3n) is 3.68. The van der Waals surface area contributed by atoms with Gasteiger partial charge in [-0.1, -0.05) is 12.1 Å². The normalized spacial score (nSPS) is 10.7. The lowest BCUT2D eigenvalue weighted by molar-refractivity contribution is 0.0927. The fourth-order valence-corrected chi connectivity index (χ4v) is 2.38. The maximum atomic E-state index is 11.8. The van der Waals surface area contributed by atoms with Crippen molar-refractivity contribution in [3.63, 3.8) is 0 Å². The van der Waals surface area contributed by atoms with Gasteiger partial charge in [0.25, 0.3) is 5.91 Å². The summed E-state index contributed by atoms with van der Waals surface area (Å²) in [6.45, 7) is 4.42. The number of hydrogen-bond donors (Lipinski definition) is 2. The predicted octanol–water partition coefficient (Wildman–Crippen LogP) is 2.73. The first kappa shape index (κ1) is 22.8. The number of benzene rings is 1. The molecule has 1 aromatic heterocycles. The van der Waals surface area contributed by atoms with Crippen LogP contribution >= 0.6 is 24.0 Å². The van der Waals surface area contributed by atoms with Crippen LogP contribution in [0, 0.1) is 0 Å². The van der Waals surface area contributed by atoms with Gasteiger partial charge in [0.15, 0.2) is 11.7 Å². The van der Waals surface area contributed by atoms with E-state index in [0.29, 0.717) is 25.4 Å². The molecule has 0 radical (unpaired) electrons. The van der Waals surface area contributed by atoms with Crippen LogP contribution in [0.5, 0.6) is 5.75 Å². The molecular formula is C19H27IN4O3. The van der Waals surface area contributed by atoms with Crippen LogP contribution in [0.3, 0.4) is 0 Å². The van der Waals surface area contributed by atoms with Crippen LogP contribution < -0.4 is 15.4 Å². The Labute approximate surface area is 177 Å². The van der Waals surface area contributed by atoms with Crippen LogP contribution in [0.4, 0.5) is 0 Å². The van der Waals surface area contributed by atoms with Gasteiger partial charge in [0.05, 0.1) is 19.9 Å². The maximum absolute atomic E-state index is 11.8. The highest BCUT2D eigenvalue weighted by atomic mass is 127. The number of methoxy groups -OCH3 is 1. The van der Waals surface area contributed by atoms with E-state index in [1.807, 2.05) is 43.1 Å². The van der Waals surface area contributed by atoms with Crippen molar-refractivity contribution in [1.82, 2.24) is 15.5 Å². The Kier molecular flexibility index (Phi) is 10.3. The number of ether oxygens (including phenoxy) is 1. The molecule has 7 nitrogen and oxygen atoms in total. The second-order valence-electron chi connectivity index (χ2n) is 5.67. The minimum absolute atomic E-state index is 0. The molecule has 27 heavy (non-hydrogen) atoms. The van der Waals surface area contributed by atoms with Crippen molar-refractivity contribution in [2.45, 2.75) is 13.5 Å². The van der Waals surface area contributed by atoms with E-state index in [1.54, 1.807) is 19.2 Å². The van der Waals surface area contributed by atoms with Crippen LogP contribution in [0.15, 0.2) is 52.1 Å². The van der Waals surface area contributed by atoms with Gasteiger partial charge in [-0.25, -0.2) is 0 Å². The second-order valence-corrected chi connectivity index (χ2v) is 5.67. The SMILES string of the molecule is CCNC(=NCCNC(=O)c1ccco1)N(C)Cc1ccc(OC)cc1.I. The zero-order chi connectivity index (χ0) is 18.8. The van der Waals surface area contributed by atoms with Crippen molar-refractivity contribution >= 4 is 35.8 Å². The Morgan fingerprint density at radius 2 is 1.96 bits per heavy atom. The molecule has 0 aliphatic heterocycles. The molecule has 1 heterocycles. The number of furan rings is 1. The third-order valence-corrected chi connectivity index (χ3v) is 3.68. The molecule has 0 aliphatic carbocycles. The van der Waals surface area contributed by atoms with Gasteiger partial charge >= 0.3 is 0 Å². The first-order valence-corrected chi connectivity index (χ1v) is 8.58. The lowest BCUT2D eigenvalue weighted by Gasteiger charge is -2.22. The van der Waals surface area contributed by atoms with Crippen molar-refractivity contribution in [3.8, 4) is 5.75 Å². The van der Waals surface area contributed by atoms with Crippen LogP contribution in [-0.4, -0.2) is 50.6 Å². The lowest BCUT2D eigenvalue weighted by atomic mass is 10.2. The molecule has 148 valence electrons. The highest BCUT2D eigenvalue weighted by Gasteiger charge is 2.08. The van der Waals surface area contributed by atoms with Crippen molar-refractivity contribution in [1.29, 1.82) is 0 Å². The number of hydrogen-bond acceptors (Lipinski definition) is 4. The Balaban J connectivity index is 0.00000364. The third kappa shape index (κ3) is 7.49. The lowest BCUT2D eigenvalue weighted by Crippen LogP contribution is -2.39. The predicted molar refractivity (Wildman–Crippen MR) is 117 cm³/mol. The molecule has 2 rings (SSSR count). The smallest absolute Gasteiger partial charge is 0.287 e. The Morgan fingerprint density at radius 1 is 1.22 bits per heavy atom. The summed E-state index contributed by atoms with van der Waals surface area (Å²) in [6.07, 6.45) is 1.48. The minimum Gasteiger partial charge on any atom is -0.497 e. The molecule has 2 aromatic rings. The molecule has 0 saturated heterocycles. The number of aliphatic imine (C=N–C) groups is 1. The molecule has 1 aromatic carbocycles. The topological polar surface area (TPSA) is 79.1 Å². The van der Waals surface area contributed by atoms with Gasteiger partial charge in [0.2, 0.25) is 0 Å². The van der Waals surface area contributed by atoms with Crippen molar-refractivity contribution in [3.05, 3.63) is 54.0 Å². The zero-order valence-corrected chi connectivity index (χ0v) is 18.2. The van der Waals surface area contributed by atoms with E-state index in [0.717, 1.165) is 23.8 Å². The summed E-state index contributed by atoms with van der Waals surface area (Å²) in [7, 11) is 3.63. The van der Waals surface area contributed by atoms with Crippen LogP contribution in [0.25, 0.3) is 0 Å². The van der Waals surface area contributed by atoms with E-state index in [9.17, 15) is 4.79 Å². The van der Waals surface area contributed by atoms with Crippen molar-refractivity contribution in [2.24, 2.45) is 4.99 Å². The molecule has 8 heteroatoms. The molecule has 0 saturated carbocycles. The van der Waals surface area contributed by atoms with Crippen LogP contribution in [0.2, 0.25) is 0 Å². The van der Waals surface area contributed by atoms with E-state index < -0.39 is 0 Å². The molecule has 1 amide bonds. The summed E-state index contributed by atoms with van der Waals surface area (Å²) in [4.78, 5) is 18.4. The number of amides is 1. The molecule has 0 atom stereocenters. The quantitative estimate of drug-likeness (QED) is 0.260. The molecule has 0 bridgehead atoms. The van der Waals surface area contributed by atoms with Gasteiger partial charge in [-0.2, -0.15) is 0 Å². The maximum Gasteiger partial charge on any atom is 0.287 e. The highest BCUT2D eigenvalue weighted by molar-refractivity contribution is 14.0. The van der Waals surface area contributed by atoms with Gasteiger partial charge < -0.3 is 24.7 Å². The average molecular weight is 486 g/mol. The highest BCUT2D eigenvalue weighted by Crippen LogP contribution is 2.12. The van der Waals surface area contributed by atoms with Gasteiger partial charge in [0.1, 0.15) is 5.75 Å². The first-order chi connectivity index (χ1) is 12.6. The summed E-state index contributed by atoms with van der Waals surface area (Å²) in [5.74, 6) is 1.69. The standard InChI is InChI=1S/C19H26N4O3.HI/c1-4-20-19(22-12-11-21-18(24)17-6-5-13-26-17)23(2)14-15-7-9-16(25-3)10-8-15;/h5-10,13H,4,11-12,14H2,1-3H3,(H,20,22)(H,21,24);1H. The van der Waals surface area contributed by atoms with Crippen molar-refractivity contribution < 1.29 is 13.9 Å². The Hall–Kier alpha value is -2.23. The summed E-state index contributed by atoms with van der Waals surface area (Å²) >= 11 is 0. The Bertz CT molecular complexity index is 702. The van der Waals surface area contributed by atoms with Crippen LogP contribution in [0.1, 0.15) is 23.0 Å². The molecule has 0 fully saturated rings. The Morgan fingerprint density at radius 3 is 2.56 bits per heavy atom. The number of carbonyl (C=O) groups is 1. The molecule has 0 aliphatic rings. The summed E-state index contributed by atoms with van der Waals surface area (Å²) in [5.41, 5.74) is 1.16. The zero-order valence-electron chi connectivity index (χ0n) is 15.9.